The summed E-state index contributed by atoms with van der Waals surface area (Å²) in [5.41, 5.74) is 0.721. The lowest BCUT2D eigenvalue weighted by Gasteiger charge is -2.26. The Bertz CT molecular complexity index is 496. The number of hydrogen-bond donors (Lipinski definition) is 1. The van der Waals surface area contributed by atoms with Crippen molar-refractivity contribution in [3.8, 4) is 0 Å². The van der Waals surface area contributed by atoms with Crippen LogP contribution in [-0.2, 0) is 4.79 Å². The first kappa shape index (κ1) is 13.2. The Balaban J connectivity index is 1.54. The average molecular weight is 272 g/mol. The lowest BCUT2D eigenvalue weighted by molar-refractivity contribution is -0.128. The molecule has 0 unspecified atom stereocenters. The third-order valence-corrected chi connectivity index (χ3v) is 4.32. The highest BCUT2D eigenvalue weighted by atomic mass is 16.2. The van der Waals surface area contributed by atoms with Crippen molar-refractivity contribution in [3.63, 3.8) is 0 Å². The van der Waals surface area contributed by atoms with Gasteiger partial charge in [-0.1, -0.05) is 24.6 Å². The van der Waals surface area contributed by atoms with Gasteiger partial charge in [0.05, 0.1) is 0 Å². The van der Waals surface area contributed by atoms with E-state index in [4.69, 9.17) is 0 Å². The SMILES string of the molecule is O=C(N[C@H]1CCN(C(=O)c2ccccc2)C1)C1CCC1. The van der Waals surface area contributed by atoms with E-state index in [-0.39, 0.29) is 23.8 Å². The lowest BCUT2D eigenvalue weighted by Crippen LogP contribution is -2.43. The van der Waals surface area contributed by atoms with E-state index < -0.39 is 0 Å². The molecule has 1 aromatic carbocycles. The van der Waals surface area contributed by atoms with Gasteiger partial charge in [0, 0.05) is 30.6 Å². The van der Waals surface area contributed by atoms with E-state index in [1.165, 1.54) is 6.42 Å². The van der Waals surface area contributed by atoms with Crippen LogP contribution in [0.5, 0.6) is 0 Å². The van der Waals surface area contributed by atoms with Crippen molar-refractivity contribution in [2.24, 2.45) is 5.92 Å². The first-order valence-electron chi connectivity index (χ1n) is 7.39. The predicted octanol–water partition coefficient (Wildman–Crippen LogP) is 1.82. The summed E-state index contributed by atoms with van der Waals surface area (Å²) in [4.78, 5) is 26.0. The molecule has 2 fully saturated rings. The summed E-state index contributed by atoms with van der Waals surface area (Å²) < 4.78 is 0. The number of amides is 2. The van der Waals surface area contributed by atoms with Crippen molar-refractivity contribution in [2.45, 2.75) is 31.7 Å². The molecule has 0 radical (unpaired) electrons. The average Bonchev–Trinajstić information content (AvgIpc) is 2.85. The Kier molecular flexibility index (Phi) is 3.72. The summed E-state index contributed by atoms with van der Waals surface area (Å²) in [6.07, 6.45) is 4.06. The molecule has 2 amide bonds. The van der Waals surface area contributed by atoms with Crippen LogP contribution in [0, 0.1) is 5.92 Å². The quantitative estimate of drug-likeness (QED) is 0.912. The molecule has 1 N–H and O–H groups in total. The molecule has 106 valence electrons. The van der Waals surface area contributed by atoms with Crippen molar-refractivity contribution in [3.05, 3.63) is 35.9 Å². The summed E-state index contributed by atoms with van der Waals surface area (Å²) in [6, 6.07) is 9.45. The van der Waals surface area contributed by atoms with Crippen LogP contribution < -0.4 is 5.32 Å². The van der Waals surface area contributed by atoms with Gasteiger partial charge in [-0.05, 0) is 31.4 Å². The standard InChI is InChI=1S/C16H20N2O2/c19-15(12-7-4-8-12)17-14-9-10-18(11-14)16(20)13-5-2-1-3-6-13/h1-3,5-6,12,14H,4,7-11H2,(H,17,19)/t14-/m0/s1. The molecule has 2 aliphatic rings. The second-order valence-electron chi connectivity index (χ2n) is 5.74. The summed E-state index contributed by atoms with van der Waals surface area (Å²) in [5.74, 6) is 0.454. The number of rotatable bonds is 3. The zero-order chi connectivity index (χ0) is 13.9. The molecule has 1 saturated carbocycles. The predicted molar refractivity (Wildman–Crippen MR) is 76.2 cm³/mol. The molecule has 1 aliphatic heterocycles. The lowest BCUT2D eigenvalue weighted by atomic mass is 9.84. The highest BCUT2D eigenvalue weighted by Crippen LogP contribution is 2.26. The van der Waals surface area contributed by atoms with Crippen LogP contribution in [0.3, 0.4) is 0 Å². The summed E-state index contributed by atoms with van der Waals surface area (Å²) in [5, 5.41) is 3.08. The van der Waals surface area contributed by atoms with E-state index >= 15 is 0 Å². The van der Waals surface area contributed by atoms with Gasteiger partial charge < -0.3 is 10.2 Å². The molecule has 3 rings (SSSR count). The van der Waals surface area contributed by atoms with Gasteiger partial charge in [0.15, 0.2) is 0 Å². The zero-order valence-corrected chi connectivity index (χ0v) is 11.5. The normalized spacial score (nSPS) is 22.4. The number of benzene rings is 1. The Labute approximate surface area is 119 Å². The van der Waals surface area contributed by atoms with E-state index in [1.54, 1.807) is 0 Å². The molecule has 1 saturated heterocycles. The Morgan fingerprint density at radius 3 is 2.50 bits per heavy atom. The minimum atomic E-state index is 0.0611. The van der Waals surface area contributed by atoms with Gasteiger partial charge in [0.1, 0.15) is 0 Å². The van der Waals surface area contributed by atoms with E-state index in [1.807, 2.05) is 35.2 Å². The van der Waals surface area contributed by atoms with E-state index in [9.17, 15) is 9.59 Å². The molecule has 1 heterocycles. The van der Waals surface area contributed by atoms with Gasteiger partial charge in [0.2, 0.25) is 5.91 Å². The molecule has 4 nitrogen and oxygen atoms in total. The molecule has 0 bridgehead atoms. The molecular formula is C16H20N2O2. The molecule has 4 heteroatoms. The molecule has 1 aliphatic carbocycles. The van der Waals surface area contributed by atoms with Crippen LogP contribution in [0.1, 0.15) is 36.0 Å². The molecule has 20 heavy (non-hydrogen) atoms. The van der Waals surface area contributed by atoms with Crippen molar-refractivity contribution in [1.29, 1.82) is 0 Å². The highest BCUT2D eigenvalue weighted by molar-refractivity contribution is 5.94. The monoisotopic (exact) mass is 272 g/mol. The fourth-order valence-electron chi connectivity index (χ4n) is 2.82. The maximum Gasteiger partial charge on any atom is 0.253 e. The second kappa shape index (κ2) is 5.65. The Morgan fingerprint density at radius 1 is 1.10 bits per heavy atom. The summed E-state index contributed by atoms with van der Waals surface area (Å²) >= 11 is 0. The zero-order valence-electron chi connectivity index (χ0n) is 11.5. The largest absolute Gasteiger partial charge is 0.351 e. The molecule has 1 aromatic rings. The first-order valence-corrected chi connectivity index (χ1v) is 7.39. The fraction of sp³-hybridized carbons (Fsp3) is 0.500. The van der Waals surface area contributed by atoms with Crippen LogP contribution in [0.4, 0.5) is 0 Å². The van der Waals surface area contributed by atoms with Gasteiger partial charge in [-0.15, -0.1) is 0 Å². The van der Waals surface area contributed by atoms with Gasteiger partial charge in [-0.2, -0.15) is 0 Å². The van der Waals surface area contributed by atoms with Crippen LogP contribution in [-0.4, -0.2) is 35.8 Å². The van der Waals surface area contributed by atoms with E-state index in [0.29, 0.717) is 6.54 Å². The van der Waals surface area contributed by atoms with Crippen LogP contribution in [0.25, 0.3) is 0 Å². The van der Waals surface area contributed by atoms with Gasteiger partial charge in [0.25, 0.3) is 5.91 Å². The Hall–Kier alpha value is -1.84. The third kappa shape index (κ3) is 2.69. The van der Waals surface area contributed by atoms with Crippen molar-refractivity contribution in [2.75, 3.05) is 13.1 Å². The fourth-order valence-corrected chi connectivity index (χ4v) is 2.82. The van der Waals surface area contributed by atoms with Crippen LogP contribution >= 0.6 is 0 Å². The van der Waals surface area contributed by atoms with Crippen LogP contribution in [0.2, 0.25) is 0 Å². The minimum Gasteiger partial charge on any atom is -0.351 e. The first-order chi connectivity index (χ1) is 9.74. The van der Waals surface area contributed by atoms with Gasteiger partial charge >= 0.3 is 0 Å². The number of carbonyl (C=O) groups is 2. The third-order valence-electron chi connectivity index (χ3n) is 4.32. The number of nitrogens with one attached hydrogen (secondary N) is 1. The molecule has 0 aromatic heterocycles. The van der Waals surface area contributed by atoms with Gasteiger partial charge in [-0.25, -0.2) is 0 Å². The smallest absolute Gasteiger partial charge is 0.253 e. The molecule has 0 spiro atoms. The topological polar surface area (TPSA) is 49.4 Å². The van der Waals surface area contributed by atoms with E-state index in [2.05, 4.69) is 5.32 Å². The maximum absolute atomic E-state index is 12.3. The minimum absolute atomic E-state index is 0.0611. The number of likely N-dealkylation sites (tertiary alicyclic amines) is 1. The van der Waals surface area contributed by atoms with Crippen molar-refractivity contribution >= 4 is 11.8 Å². The second-order valence-corrected chi connectivity index (χ2v) is 5.74. The van der Waals surface area contributed by atoms with Gasteiger partial charge in [-0.3, -0.25) is 9.59 Å². The van der Waals surface area contributed by atoms with Crippen LogP contribution in [0.15, 0.2) is 30.3 Å². The van der Waals surface area contributed by atoms with Crippen molar-refractivity contribution in [1.82, 2.24) is 10.2 Å². The number of nitrogens with zero attached hydrogens (tertiary/aromatic N) is 1. The summed E-state index contributed by atoms with van der Waals surface area (Å²) in [7, 11) is 0. The molecule has 1 atom stereocenters. The Morgan fingerprint density at radius 2 is 1.85 bits per heavy atom. The summed E-state index contributed by atoms with van der Waals surface area (Å²) in [6.45, 7) is 1.36. The number of carbonyl (C=O) groups excluding carboxylic acids is 2. The van der Waals surface area contributed by atoms with Crippen molar-refractivity contribution < 1.29 is 9.59 Å². The maximum atomic E-state index is 12.3. The van der Waals surface area contributed by atoms with E-state index in [0.717, 1.165) is 31.4 Å². The number of hydrogen-bond acceptors (Lipinski definition) is 2. The molecular weight excluding hydrogens is 252 g/mol. The highest BCUT2D eigenvalue weighted by Gasteiger charge is 2.31.